The van der Waals surface area contributed by atoms with Crippen LogP contribution in [0.2, 0.25) is 0 Å². The molecule has 0 spiro atoms. The molecule has 0 radical (unpaired) electrons. The maximum Gasteiger partial charge on any atom is 0.234 e. The molecule has 0 aliphatic carbocycles. The smallest absolute Gasteiger partial charge is 0.234 e. The molecule has 0 saturated carbocycles. The molecule has 4 rings (SSSR count). The number of carbonyl (C=O) groups is 1. The molecule has 0 aliphatic rings. The molecule has 0 aliphatic heterocycles. The van der Waals surface area contributed by atoms with Crippen LogP contribution in [0.5, 0.6) is 11.5 Å². The molecule has 1 amide bonds. The van der Waals surface area contributed by atoms with Gasteiger partial charge in [0.1, 0.15) is 17.3 Å². The molecule has 0 saturated heterocycles. The lowest BCUT2D eigenvalue weighted by Gasteiger charge is -2.23. The highest BCUT2D eigenvalue weighted by Gasteiger charge is 2.17. The van der Waals surface area contributed by atoms with Gasteiger partial charge in [0.25, 0.3) is 0 Å². The molecule has 0 fully saturated rings. The number of anilines is 3. The van der Waals surface area contributed by atoms with E-state index in [1.807, 2.05) is 24.3 Å². The highest BCUT2D eigenvalue weighted by molar-refractivity contribution is 8.01. The van der Waals surface area contributed by atoms with Crippen LogP contribution in [0, 0.1) is 5.82 Å². The number of benzene rings is 3. The quantitative estimate of drug-likeness (QED) is 0.209. The Hall–Kier alpha value is -3.43. The van der Waals surface area contributed by atoms with Gasteiger partial charge < -0.3 is 15.4 Å². The maximum atomic E-state index is 13.8. The zero-order valence-corrected chi connectivity index (χ0v) is 21.9. The summed E-state index contributed by atoms with van der Waals surface area (Å²) in [6.45, 7) is 6.64. The van der Waals surface area contributed by atoms with E-state index in [2.05, 4.69) is 53.7 Å². The van der Waals surface area contributed by atoms with Gasteiger partial charge in [0.15, 0.2) is 4.34 Å². The van der Waals surface area contributed by atoms with Crippen LogP contribution in [0.3, 0.4) is 0 Å². The summed E-state index contributed by atoms with van der Waals surface area (Å²) in [5.74, 6) is 1.09. The first kappa shape index (κ1) is 25.7. The summed E-state index contributed by atoms with van der Waals surface area (Å²) in [7, 11) is 0. The van der Waals surface area contributed by atoms with Gasteiger partial charge in [-0.3, -0.25) is 4.79 Å². The second-order valence-corrected chi connectivity index (χ2v) is 10.9. The van der Waals surface area contributed by atoms with Crippen LogP contribution in [-0.2, 0) is 10.2 Å². The lowest BCUT2D eigenvalue weighted by Crippen LogP contribution is -2.14. The largest absolute Gasteiger partial charge is 0.457 e. The number of nitrogens with zero attached hydrogens (tertiary/aromatic N) is 2. The van der Waals surface area contributed by atoms with E-state index in [4.69, 9.17) is 4.74 Å². The van der Waals surface area contributed by atoms with E-state index in [0.29, 0.717) is 26.6 Å². The molecule has 0 bridgehead atoms. The van der Waals surface area contributed by atoms with Gasteiger partial charge in [-0.15, -0.1) is 10.2 Å². The Bertz CT molecular complexity index is 1310. The topological polar surface area (TPSA) is 76.1 Å². The van der Waals surface area contributed by atoms with Crippen molar-refractivity contribution in [2.24, 2.45) is 0 Å². The van der Waals surface area contributed by atoms with Crippen LogP contribution < -0.4 is 15.4 Å². The van der Waals surface area contributed by atoms with E-state index in [9.17, 15) is 9.18 Å². The lowest BCUT2D eigenvalue weighted by atomic mass is 9.82. The average molecular weight is 523 g/mol. The molecule has 36 heavy (non-hydrogen) atoms. The van der Waals surface area contributed by atoms with Crippen molar-refractivity contribution >= 4 is 45.5 Å². The van der Waals surface area contributed by atoms with Gasteiger partial charge in [0, 0.05) is 5.69 Å². The molecule has 0 unspecified atom stereocenters. The predicted molar refractivity (Wildman–Crippen MR) is 145 cm³/mol. The minimum absolute atomic E-state index is 0.132. The third-order valence-electron chi connectivity index (χ3n) is 5.74. The minimum atomic E-state index is -0.369. The van der Waals surface area contributed by atoms with E-state index in [1.165, 1.54) is 34.7 Å². The monoisotopic (exact) mass is 522 g/mol. The number of halogens is 1. The van der Waals surface area contributed by atoms with Gasteiger partial charge in [0.2, 0.25) is 11.0 Å². The Morgan fingerprint density at radius 1 is 1.00 bits per heavy atom. The number of ether oxygens (including phenoxy) is 1. The molecule has 9 heteroatoms. The van der Waals surface area contributed by atoms with Crippen LogP contribution in [0.15, 0.2) is 77.1 Å². The Labute approximate surface area is 218 Å². The number of rotatable bonds is 10. The molecule has 2 N–H and O–H groups in total. The summed E-state index contributed by atoms with van der Waals surface area (Å²) in [5, 5.41) is 14.3. The van der Waals surface area contributed by atoms with Crippen molar-refractivity contribution in [1.29, 1.82) is 0 Å². The van der Waals surface area contributed by atoms with Crippen molar-refractivity contribution in [3.63, 3.8) is 0 Å². The number of nitrogens with one attached hydrogen (secondary N) is 2. The van der Waals surface area contributed by atoms with Crippen LogP contribution in [0.1, 0.15) is 32.8 Å². The summed E-state index contributed by atoms with van der Waals surface area (Å²) in [4.78, 5) is 12.4. The number of thioether (sulfide) groups is 1. The summed E-state index contributed by atoms with van der Waals surface area (Å²) >= 11 is 2.52. The number of hydrogen-bond donors (Lipinski definition) is 2. The molecular formula is C27H27FN4O2S2. The van der Waals surface area contributed by atoms with E-state index >= 15 is 0 Å². The summed E-state index contributed by atoms with van der Waals surface area (Å²) in [6, 6.07) is 21.7. The minimum Gasteiger partial charge on any atom is -0.457 e. The number of amides is 1. The molecule has 3 aromatic carbocycles. The zero-order valence-electron chi connectivity index (χ0n) is 20.2. The molecule has 1 heterocycles. The predicted octanol–water partition coefficient (Wildman–Crippen LogP) is 7.63. The fraction of sp³-hybridized carbons (Fsp3) is 0.222. The second kappa shape index (κ2) is 11.5. The van der Waals surface area contributed by atoms with E-state index in [-0.39, 0.29) is 22.9 Å². The van der Waals surface area contributed by atoms with Crippen molar-refractivity contribution in [1.82, 2.24) is 10.2 Å². The Morgan fingerprint density at radius 3 is 2.33 bits per heavy atom. The maximum absolute atomic E-state index is 13.8. The average Bonchev–Trinajstić information content (AvgIpc) is 3.33. The molecule has 4 aromatic rings. The first-order valence-electron chi connectivity index (χ1n) is 11.5. The SMILES string of the molecule is CCC(C)(C)c1ccc(Oc2ccc(NC(=O)CSc3nnc(Nc4ccccc4F)s3)cc2)cc1. The van der Waals surface area contributed by atoms with E-state index in [1.54, 1.807) is 30.3 Å². The van der Waals surface area contributed by atoms with Crippen LogP contribution in [-0.4, -0.2) is 21.9 Å². The van der Waals surface area contributed by atoms with Gasteiger partial charge in [0.05, 0.1) is 11.4 Å². The Balaban J connectivity index is 1.25. The van der Waals surface area contributed by atoms with Gasteiger partial charge in [-0.2, -0.15) is 0 Å². The van der Waals surface area contributed by atoms with Crippen LogP contribution in [0.25, 0.3) is 0 Å². The van der Waals surface area contributed by atoms with Crippen molar-refractivity contribution in [3.05, 3.63) is 84.2 Å². The number of aromatic nitrogens is 2. The molecule has 6 nitrogen and oxygen atoms in total. The zero-order chi connectivity index (χ0) is 25.5. The highest BCUT2D eigenvalue weighted by atomic mass is 32.2. The van der Waals surface area contributed by atoms with Crippen LogP contribution in [0.4, 0.5) is 20.9 Å². The standard InChI is InChI=1S/C27H27FN4O2S2/c1-4-27(2,3)18-9-13-20(14-10-18)34-21-15-11-19(12-16-21)29-24(33)17-35-26-32-31-25(36-26)30-23-8-6-5-7-22(23)28/h5-16H,4,17H2,1-3H3,(H,29,33)(H,30,31). The lowest BCUT2D eigenvalue weighted by molar-refractivity contribution is -0.113. The molecule has 0 atom stereocenters. The third-order valence-corrected chi connectivity index (χ3v) is 7.71. The highest BCUT2D eigenvalue weighted by Crippen LogP contribution is 2.31. The Kier molecular flexibility index (Phi) is 8.22. The van der Waals surface area contributed by atoms with E-state index < -0.39 is 0 Å². The number of para-hydroxylation sites is 1. The Morgan fingerprint density at radius 2 is 1.67 bits per heavy atom. The van der Waals surface area contributed by atoms with Crippen LogP contribution >= 0.6 is 23.1 Å². The molecule has 1 aromatic heterocycles. The van der Waals surface area contributed by atoms with Crippen molar-refractivity contribution < 1.29 is 13.9 Å². The van der Waals surface area contributed by atoms with E-state index in [0.717, 1.165) is 12.2 Å². The summed E-state index contributed by atoms with van der Waals surface area (Å²) in [6.07, 6.45) is 1.06. The molecule has 186 valence electrons. The van der Waals surface area contributed by atoms with Gasteiger partial charge in [-0.25, -0.2) is 4.39 Å². The van der Waals surface area contributed by atoms with Crippen molar-refractivity contribution in [2.45, 2.75) is 36.9 Å². The van der Waals surface area contributed by atoms with Gasteiger partial charge >= 0.3 is 0 Å². The van der Waals surface area contributed by atoms with Gasteiger partial charge in [-0.05, 0) is 65.9 Å². The van der Waals surface area contributed by atoms with Crippen molar-refractivity contribution in [3.8, 4) is 11.5 Å². The van der Waals surface area contributed by atoms with Crippen molar-refractivity contribution in [2.75, 3.05) is 16.4 Å². The summed E-state index contributed by atoms with van der Waals surface area (Å²) < 4.78 is 20.3. The molecular weight excluding hydrogens is 495 g/mol. The third kappa shape index (κ3) is 6.83. The van der Waals surface area contributed by atoms with Gasteiger partial charge in [-0.1, -0.05) is 68.1 Å². The second-order valence-electron chi connectivity index (χ2n) is 8.70. The fourth-order valence-corrected chi connectivity index (χ4v) is 4.81. The fourth-order valence-electron chi connectivity index (χ4n) is 3.24. The first-order chi connectivity index (χ1) is 17.3. The normalized spacial score (nSPS) is 11.2. The first-order valence-corrected chi connectivity index (χ1v) is 13.3. The number of hydrogen-bond acceptors (Lipinski definition) is 7. The summed E-state index contributed by atoms with van der Waals surface area (Å²) in [5.41, 5.74) is 2.41. The number of carbonyl (C=O) groups excluding carboxylic acids is 1.